The van der Waals surface area contributed by atoms with Crippen LogP contribution in [0.15, 0.2) is 24.4 Å². The highest BCUT2D eigenvalue weighted by Gasteiger charge is 2.07. The molecule has 0 saturated carbocycles. The molecule has 3 nitrogen and oxygen atoms in total. The second-order valence-electron chi connectivity index (χ2n) is 4.34. The number of nitrogens with zero attached hydrogens (tertiary/aromatic N) is 1. The quantitative estimate of drug-likeness (QED) is 0.858. The van der Waals surface area contributed by atoms with Crippen molar-refractivity contribution < 1.29 is 4.74 Å². The van der Waals surface area contributed by atoms with Crippen molar-refractivity contribution in [2.75, 3.05) is 27.2 Å². The summed E-state index contributed by atoms with van der Waals surface area (Å²) in [5.41, 5.74) is 2.46. The lowest BCUT2D eigenvalue weighted by Gasteiger charge is -2.12. The van der Waals surface area contributed by atoms with Gasteiger partial charge in [-0.3, -0.25) is 0 Å². The van der Waals surface area contributed by atoms with E-state index >= 15 is 0 Å². The molecule has 0 amide bonds. The monoisotopic (exact) mass is 232 g/mol. The highest BCUT2D eigenvalue weighted by atomic mass is 16.5. The summed E-state index contributed by atoms with van der Waals surface area (Å²) in [7, 11) is 3.86. The Morgan fingerprint density at radius 3 is 2.88 bits per heavy atom. The van der Waals surface area contributed by atoms with Gasteiger partial charge in [0.1, 0.15) is 5.75 Å². The molecule has 0 radical (unpaired) electrons. The SMILES string of the molecule is CCN(C)CCc1c[nH]c2c(OC)cccc12. The molecule has 0 spiro atoms. The summed E-state index contributed by atoms with van der Waals surface area (Å²) in [5, 5.41) is 1.27. The standard InChI is InChI=1S/C14H20N2O/c1-4-16(2)9-8-11-10-15-14-12(11)6-5-7-13(14)17-3/h5-7,10,15H,4,8-9H2,1-3H3. The minimum absolute atomic E-state index is 0.914. The average Bonchev–Trinajstić information content (AvgIpc) is 2.78. The van der Waals surface area contributed by atoms with Gasteiger partial charge < -0.3 is 14.6 Å². The Morgan fingerprint density at radius 1 is 1.35 bits per heavy atom. The van der Waals surface area contributed by atoms with E-state index in [0.29, 0.717) is 0 Å². The van der Waals surface area contributed by atoms with Crippen molar-refractivity contribution in [2.45, 2.75) is 13.3 Å². The van der Waals surface area contributed by atoms with E-state index in [4.69, 9.17) is 4.74 Å². The van der Waals surface area contributed by atoms with Gasteiger partial charge in [-0.2, -0.15) is 0 Å². The molecule has 0 aliphatic rings. The zero-order valence-electron chi connectivity index (χ0n) is 10.8. The van der Waals surface area contributed by atoms with Crippen LogP contribution < -0.4 is 4.74 Å². The number of hydrogen-bond donors (Lipinski definition) is 1. The Kier molecular flexibility index (Phi) is 3.69. The van der Waals surface area contributed by atoms with Crippen molar-refractivity contribution in [2.24, 2.45) is 0 Å². The largest absolute Gasteiger partial charge is 0.495 e. The van der Waals surface area contributed by atoms with Gasteiger partial charge in [-0.05, 0) is 31.6 Å². The number of H-pyrrole nitrogens is 1. The number of hydrogen-bond acceptors (Lipinski definition) is 2. The van der Waals surface area contributed by atoms with Gasteiger partial charge in [0.25, 0.3) is 0 Å². The van der Waals surface area contributed by atoms with Crippen LogP contribution in [-0.4, -0.2) is 37.1 Å². The number of methoxy groups -OCH3 is 1. The number of aromatic amines is 1. The second-order valence-corrected chi connectivity index (χ2v) is 4.34. The average molecular weight is 232 g/mol. The summed E-state index contributed by atoms with van der Waals surface area (Å²) in [6.45, 7) is 4.35. The van der Waals surface area contributed by atoms with Crippen molar-refractivity contribution in [1.82, 2.24) is 9.88 Å². The van der Waals surface area contributed by atoms with Crippen LogP contribution in [0.25, 0.3) is 10.9 Å². The zero-order chi connectivity index (χ0) is 12.3. The van der Waals surface area contributed by atoms with Gasteiger partial charge in [0.15, 0.2) is 0 Å². The fourth-order valence-corrected chi connectivity index (χ4v) is 2.03. The Labute approximate surface area is 102 Å². The van der Waals surface area contributed by atoms with E-state index in [0.717, 1.165) is 30.8 Å². The summed E-state index contributed by atoms with van der Waals surface area (Å²) < 4.78 is 5.35. The van der Waals surface area contributed by atoms with Crippen LogP contribution in [0, 0.1) is 0 Å². The summed E-state index contributed by atoms with van der Waals surface area (Å²) in [6.07, 6.45) is 3.16. The van der Waals surface area contributed by atoms with E-state index in [9.17, 15) is 0 Å². The number of rotatable bonds is 5. The highest BCUT2D eigenvalue weighted by Crippen LogP contribution is 2.27. The van der Waals surface area contributed by atoms with Crippen LogP contribution in [0.1, 0.15) is 12.5 Å². The minimum atomic E-state index is 0.914. The number of benzene rings is 1. The van der Waals surface area contributed by atoms with Crippen LogP contribution in [0.2, 0.25) is 0 Å². The lowest BCUT2D eigenvalue weighted by atomic mass is 10.1. The van der Waals surface area contributed by atoms with Crippen molar-refractivity contribution in [1.29, 1.82) is 0 Å². The zero-order valence-corrected chi connectivity index (χ0v) is 10.8. The molecule has 0 saturated heterocycles. The molecule has 0 fully saturated rings. The molecule has 0 bridgehead atoms. The molecule has 1 N–H and O–H groups in total. The Morgan fingerprint density at radius 2 is 2.18 bits per heavy atom. The van der Waals surface area contributed by atoms with E-state index in [1.807, 2.05) is 12.1 Å². The van der Waals surface area contributed by atoms with Gasteiger partial charge >= 0.3 is 0 Å². The van der Waals surface area contributed by atoms with Gasteiger partial charge in [-0.1, -0.05) is 19.1 Å². The predicted molar refractivity (Wildman–Crippen MR) is 71.7 cm³/mol. The van der Waals surface area contributed by atoms with Crippen LogP contribution in [0.5, 0.6) is 5.75 Å². The normalized spacial score (nSPS) is 11.3. The van der Waals surface area contributed by atoms with Crippen molar-refractivity contribution >= 4 is 10.9 Å². The summed E-state index contributed by atoms with van der Waals surface area (Å²) in [4.78, 5) is 5.62. The van der Waals surface area contributed by atoms with Crippen LogP contribution in [0.3, 0.4) is 0 Å². The first kappa shape index (κ1) is 12.0. The van der Waals surface area contributed by atoms with E-state index in [1.54, 1.807) is 7.11 Å². The summed E-state index contributed by atoms with van der Waals surface area (Å²) in [6, 6.07) is 6.18. The molecule has 1 aromatic carbocycles. The fourth-order valence-electron chi connectivity index (χ4n) is 2.03. The first-order chi connectivity index (χ1) is 8.26. The summed E-state index contributed by atoms with van der Waals surface area (Å²) in [5.74, 6) is 0.914. The second kappa shape index (κ2) is 5.23. The van der Waals surface area contributed by atoms with Gasteiger partial charge in [0.2, 0.25) is 0 Å². The van der Waals surface area contributed by atoms with E-state index in [2.05, 4.69) is 36.1 Å². The third-order valence-electron chi connectivity index (χ3n) is 3.29. The molecule has 0 aliphatic carbocycles. The van der Waals surface area contributed by atoms with E-state index in [1.165, 1.54) is 10.9 Å². The molecule has 1 heterocycles. The van der Waals surface area contributed by atoms with Crippen LogP contribution in [-0.2, 0) is 6.42 Å². The molecule has 2 rings (SSSR count). The van der Waals surface area contributed by atoms with Gasteiger partial charge in [-0.15, -0.1) is 0 Å². The number of para-hydroxylation sites is 1. The third-order valence-corrected chi connectivity index (χ3v) is 3.29. The molecule has 3 heteroatoms. The predicted octanol–water partition coefficient (Wildman–Crippen LogP) is 2.67. The van der Waals surface area contributed by atoms with Gasteiger partial charge in [-0.25, -0.2) is 0 Å². The molecule has 0 unspecified atom stereocenters. The van der Waals surface area contributed by atoms with Gasteiger partial charge in [0, 0.05) is 18.1 Å². The lowest BCUT2D eigenvalue weighted by molar-refractivity contribution is 0.358. The van der Waals surface area contributed by atoms with Crippen LogP contribution in [0.4, 0.5) is 0 Å². The van der Waals surface area contributed by atoms with Crippen molar-refractivity contribution in [3.63, 3.8) is 0 Å². The molecule has 0 atom stereocenters. The number of nitrogens with one attached hydrogen (secondary N) is 1. The number of ether oxygens (including phenoxy) is 1. The third kappa shape index (κ3) is 2.44. The van der Waals surface area contributed by atoms with E-state index in [-0.39, 0.29) is 0 Å². The van der Waals surface area contributed by atoms with Crippen molar-refractivity contribution in [3.05, 3.63) is 30.0 Å². The Hall–Kier alpha value is -1.48. The maximum Gasteiger partial charge on any atom is 0.142 e. The first-order valence-electron chi connectivity index (χ1n) is 6.07. The first-order valence-corrected chi connectivity index (χ1v) is 6.07. The topological polar surface area (TPSA) is 28.3 Å². The highest BCUT2D eigenvalue weighted by molar-refractivity contribution is 5.88. The number of fused-ring (bicyclic) bond motifs is 1. The Balaban J connectivity index is 2.24. The van der Waals surface area contributed by atoms with E-state index < -0.39 is 0 Å². The smallest absolute Gasteiger partial charge is 0.142 e. The Bertz CT molecular complexity index is 490. The molecule has 1 aromatic heterocycles. The number of aromatic nitrogens is 1. The lowest BCUT2D eigenvalue weighted by Crippen LogP contribution is -2.20. The van der Waals surface area contributed by atoms with Crippen molar-refractivity contribution in [3.8, 4) is 5.75 Å². The molecule has 17 heavy (non-hydrogen) atoms. The number of likely N-dealkylation sites (N-methyl/N-ethyl adjacent to an activating group) is 1. The molecule has 2 aromatic rings. The van der Waals surface area contributed by atoms with Crippen LogP contribution >= 0.6 is 0 Å². The molecular formula is C14H20N2O. The molecular weight excluding hydrogens is 212 g/mol. The minimum Gasteiger partial charge on any atom is -0.495 e. The fraction of sp³-hybridized carbons (Fsp3) is 0.429. The van der Waals surface area contributed by atoms with Gasteiger partial charge in [0.05, 0.1) is 12.6 Å². The molecule has 0 aliphatic heterocycles. The maximum absolute atomic E-state index is 5.35. The summed E-state index contributed by atoms with van der Waals surface area (Å²) >= 11 is 0. The molecule has 92 valence electrons. The maximum atomic E-state index is 5.35.